The van der Waals surface area contributed by atoms with E-state index in [1.54, 1.807) is 13.1 Å². The summed E-state index contributed by atoms with van der Waals surface area (Å²) in [4.78, 5) is 11.2. The van der Waals surface area contributed by atoms with Crippen molar-refractivity contribution in [2.45, 2.75) is 18.7 Å². The number of morpholine rings is 1. The van der Waals surface area contributed by atoms with Crippen LogP contribution in [0.15, 0.2) is 29.3 Å². The number of likely N-dealkylation sites (N-methyl/N-ethyl adjacent to an activating group) is 1. The molecular weight excluding hydrogens is 395 g/mol. The highest BCUT2D eigenvalue weighted by molar-refractivity contribution is 5.80. The van der Waals surface area contributed by atoms with Gasteiger partial charge in [-0.1, -0.05) is 12.1 Å². The molecule has 0 saturated carbocycles. The van der Waals surface area contributed by atoms with Crippen LogP contribution >= 0.6 is 0 Å². The van der Waals surface area contributed by atoms with E-state index in [1.807, 2.05) is 0 Å². The highest BCUT2D eigenvalue weighted by Gasteiger charge is 2.32. The molecule has 0 bridgehead atoms. The number of hydrogen-bond acceptors (Lipinski definition) is 4. The molecule has 2 heterocycles. The van der Waals surface area contributed by atoms with Gasteiger partial charge in [-0.15, -0.1) is 0 Å². The molecular formula is C21H32F3N5O. The van der Waals surface area contributed by atoms with Gasteiger partial charge in [-0.25, -0.2) is 0 Å². The fraction of sp³-hybridized carbons (Fsp3) is 0.667. The van der Waals surface area contributed by atoms with Gasteiger partial charge >= 0.3 is 6.18 Å². The van der Waals surface area contributed by atoms with Crippen molar-refractivity contribution in [3.05, 3.63) is 35.4 Å². The molecule has 2 aliphatic heterocycles. The monoisotopic (exact) mass is 427 g/mol. The van der Waals surface area contributed by atoms with Crippen LogP contribution in [0.3, 0.4) is 0 Å². The number of hydrogen-bond donors (Lipinski definition) is 1. The third-order valence-corrected chi connectivity index (χ3v) is 5.69. The van der Waals surface area contributed by atoms with E-state index in [9.17, 15) is 13.2 Å². The lowest BCUT2D eigenvalue weighted by molar-refractivity contribution is -0.137. The summed E-state index contributed by atoms with van der Waals surface area (Å²) in [7, 11) is 3.89. The molecule has 30 heavy (non-hydrogen) atoms. The van der Waals surface area contributed by atoms with E-state index in [-0.39, 0.29) is 0 Å². The first-order chi connectivity index (χ1) is 14.4. The Morgan fingerprint density at radius 1 is 1.20 bits per heavy atom. The molecule has 0 amide bonds. The summed E-state index contributed by atoms with van der Waals surface area (Å²) in [5.74, 6) is 0.766. The van der Waals surface area contributed by atoms with Gasteiger partial charge in [0.15, 0.2) is 5.96 Å². The molecule has 6 nitrogen and oxygen atoms in total. The van der Waals surface area contributed by atoms with Crippen molar-refractivity contribution in [1.82, 2.24) is 20.0 Å². The van der Waals surface area contributed by atoms with Gasteiger partial charge < -0.3 is 24.8 Å². The summed E-state index contributed by atoms with van der Waals surface area (Å²) in [6.45, 7) is 7.66. The maximum absolute atomic E-state index is 13.0. The lowest BCUT2D eigenvalue weighted by Crippen LogP contribution is -2.49. The first kappa shape index (κ1) is 22.8. The molecule has 2 fully saturated rings. The van der Waals surface area contributed by atoms with Gasteiger partial charge in [0.25, 0.3) is 0 Å². The number of halogens is 3. The molecule has 0 spiro atoms. The summed E-state index contributed by atoms with van der Waals surface area (Å²) in [6, 6.07) is 5.40. The van der Waals surface area contributed by atoms with Crippen molar-refractivity contribution in [2.75, 3.05) is 73.1 Å². The zero-order chi connectivity index (χ0) is 21.6. The standard InChI is InChI=1S/C21H32F3N5O/c1-25-20(26-7-10-28-9-4-8-27(2)11-12-28)29-13-14-30-19(16-29)17-5-3-6-18(15-17)21(22,23)24/h3,5-6,15,19H,4,7-14,16H2,1-2H3,(H,25,26). The summed E-state index contributed by atoms with van der Waals surface area (Å²) >= 11 is 0. The van der Waals surface area contributed by atoms with E-state index in [0.29, 0.717) is 25.3 Å². The Kier molecular flexibility index (Phi) is 7.96. The van der Waals surface area contributed by atoms with E-state index in [0.717, 1.165) is 51.3 Å². The SMILES string of the molecule is CN=C(NCCN1CCCN(C)CC1)N1CCOC(c2cccc(C(F)(F)F)c2)C1. The number of nitrogens with zero attached hydrogens (tertiary/aromatic N) is 4. The normalized spacial score (nSPS) is 22.8. The average molecular weight is 428 g/mol. The van der Waals surface area contributed by atoms with Gasteiger partial charge in [-0.3, -0.25) is 4.99 Å². The first-order valence-electron chi connectivity index (χ1n) is 10.5. The van der Waals surface area contributed by atoms with Crippen LogP contribution in [-0.2, 0) is 10.9 Å². The molecule has 0 aromatic heterocycles. The second kappa shape index (κ2) is 10.5. The predicted molar refractivity (Wildman–Crippen MR) is 112 cm³/mol. The maximum Gasteiger partial charge on any atom is 0.416 e. The molecule has 168 valence electrons. The van der Waals surface area contributed by atoms with Gasteiger partial charge in [0, 0.05) is 39.8 Å². The van der Waals surface area contributed by atoms with E-state index in [1.165, 1.54) is 18.6 Å². The summed E-state index contributed by atoms with van der Waals surface area (Å²) in [6.07, 6.45) is -3.60. The van der Waals surface area contributed by atoms with Gasteiger partial charge in [0.1, 0.15) is 6.10 Å². The van der Waals surface area contributed by atoms with Crippen molar-refractivity contribution in [3.8, 4) is 0 Å². The van der Waals surface area contributed by atoms with E-state index < -0.39 is 17.8 Å². The molecule has 3 rings (SSSR count). The van der Waals surface area contributed by atoms with Gasteiger partial charge in [-0.2, -0.15) is 13.2 Å². The minimum absolute atomic E-state index is 0.416. The van der Waals surface area contributed by atoms with Crippen LogP contribution in [0.5, 0.6) is 0 Å². The number of guanidine groups is 1. The maximum atomic E-state index is 13.0. The Morgan fingerprint density at radius 2 is 2.03 bits per heavy atom. The fourth-order valence-corrected chi connectivity index (χ4v) is 3.94. The van der Waals surface area contributed by atoms with Gasteiger partial charge in [0.05, 0.1) is 18.7 Å². The largest absolute Gasteiger partial charge is 0.416 e. The van der Waals surface area contributed by atoms with Crippen molar-refractivity contribution in [2.24, 2.45) is 4.99 Å². The lowest BCUT2D eigenvalue weighted by atomic mass is 10.0. The smallest absolute Gasteiger partial charge is 0.370 e. The topological polar surface area (TPSA) is 43.3 Å². The minimum atomic E-state index is -4.36. The number of alkyl halides is 3. The third-order valence-electron chi connectivity index (χ3n) is 5.69. The Balaban J connectivity index is 1.54. The van der Waals surface area contributed by atoms with Gasteiger partial charge in [-0.05, 0) is 44.3 Å². The van der Waals surface area contributed by atoms with Crippen LogP contribution in [0.1, 0.15) is 23.7 Å². The number of aliphatic imine (C=N–C) groups is 1. The number of benzene rings is 1. The lowest BCUT2D eigenvalue weighted by Gasteiger charge is -2.35. The number of rotatable bonds is 4. The fourth-order valence-electron chi connectivity index (χ4n) is 3.94. The summed E-state index contributed by atoms with van der Waals surface area (Å²) < 4.78 is 44.9. The molecule has 1 aromatic rings. The summed E-state index contributed by atoms with van der Waals surface area (Å²) in [5.41, 5.74) is -0.106. The average Bonchev–Trinajstić information content (AvgIpc) is 2.95. The highest BCUT2D eigenvalue weighted by Crippen LogP contribution is 2.32. The van der Waals surface area contributed by atoms with Crippen LogP contribution in [0.4, 0.5) is 13.2 Å². The van der Waals surface area contributed by atoms with Crippen LogP contribution in [0, 0.1) is 0 Å². The van der Waals surface area contributed by atoms with Crippen LogP contribution in [-0.4, -0.2) is 93.7 Å². The van der Waals surface area contributed by atoms with Crippen molar-refractivity contribution >= 4 is 5.96 Å². The quantitative estimate of drug-likeness (QED) is 0.590. The Hall–Kier alpha value is -1.84. The Labute approximate surface area is 176 Å². The third kappa shape index (κ3) is 6.33. The van der Waals surface area contributed by atoms with Crippen LogP contribution in [0.25, 0.3) is 0 Å². The molecule has 2 aliphatic rings. The van der Waals surface area contributed by atoms with E-state index >= 15 is 0 Å². The van der Waals surface area contributed by atoms with Crippen LogP contribution in [0.2, 0.25) is 0 Å². The molecule has 2 saturated heterocycles. The minimum Gasteiger partial charge on any atom is -0.370 e. The molecule has 0 aliphatic carbocycles. The van der Waals surface area contributed by atoms with Crippen molar-refractivity contribution in [1.29, 1.82) is 0 Å². The van der Waals surface area contributed by atoms with Crippen LogP contribution < -0.4 is 5.32 Å². The van der Waals surface area contributed by atoms with Crippen molar-refractivity contribution < 1.29 is 17.9 Å². The molecule has 1 N–H and O–H groups in total. The van der Waals surface area contributed by atoms with E-state index in [2.05, 4.69) is 32.1 Å². The van der Waals surface area contributed by atoms with Crippen molar-refractivity contribution in [3.63, 3.8) is 0 Å². The molecule has 1 unspecified atom stereocenters. The zero-order valence-corrected chi connectivity index (χ0v) is 17.8. The van der Waals surface area contributed by atoms with E-state index in [4.69, 9.17) is 4.74 Å². The predicted octanol–water partition coefficient (Wildman–Crippen LogP) is 2.29. The molecule has 1 aromatic carbocycles. The number of nitrogens with one attached hydrogen (secondary N) is 1. The molecule has 1 atom stereocenters. The number of ether oxygens (including phenoxy) is 1. The second-order valence-electron chi connectivity index (χ2n) is 7.90. The Morgan fingerprint density at radius 3 is 2.80 bits per heavy atom. The molecule has 0 radical (unpaired) electrons. The summed E-state index contributed by atoms with van der Waals surface area (Å²) in [5, 5.41) is 3.41. The Bertz CT molecular complexity index is 712. The first-order valence-corrected chi connectivity index (χ1v) is 10.5. The van der Waals surface area contributed by atoms with Gasteiger partial charge in [0.2, 0.25) is 0 Å². The second-order valence-corrected chi connectivity index (χ2v) is 7.90. The molecule has 9 heteroatoms. The zero-order valence-electron chi connectivity index (χ0n) is 17.8. The highest BCUT2D eigenvalue weighted by atomic mass is 19.4.